The van der Waals surface area contributed by atoms with Crippen LogP contribution in [-0.4, -0.2) is 6.04 Å². The van der Waals surface area contributed by atoms with Crippen LogP contribution in [0, 0.1) is 0 Å². The molecule has 1 fully saturated rings. The van der Waals surface area contributed by atoms with Gasteiger partial charge in [0.2, 0.25) is 0 Å². The van der Waals surface area contributed by atoms with E-state index in [0.29, 0.717) is 12.1 Å². The van der Waals surface area contributed by atoms with Gasteiger partial charge in [-0.3, -0.25) is 0 Å². The topological polar surface area (TPSA) is 12.0 Å². The van der Waals surface area contributed by atoms with Gasteiger partial charge in [-0.1, -0.05) is 28.1 Å². The minimum absolute atomic E-state index is 0.472. The summed E-state index contributed by atoms with van der Waals surface area (Å²) in [6.45, 7) is 2.26. The van der Waals surface area contributed by atoms with Gasteiger partial charge in [0.1, 0.15) is 0 Å². The summed E-state index contributed by atoms with van der Waals surface area (Å²) in [4.78, 5) is 0. The van der Waals surface area contributed by atoms with E-state index in [1.807, 2.05) is 0 Å². The molecule has 1 nitrogen and oxygen atoms in total. The van der Waals surface area contributed by atoms with Gasteiger partial charge in [-0.05, 0) is 65.8 Å². The molecule has 0 spiro atoms. The van der Waals surface area contributed by atoms with Crippen LogP contribution in [0.4, 0.5) is 0 Å². The fourth-order valence-electron chi connectivity index (χ4n) is 2.76. The quantitative estimate of drug-likeness (QED) is 0.818. The van der Waals surface area contributed by atoms with Crippen LogP contribution >= 0.6 is 27.3 Å². The van der Waals surface area contributed by atoms with Crippen LogP contribution in [0.2, 0.25) is 0 Å². The van der Waals surface area contributed by atoms with Gasteiger partial charge in [0, 0.05) is 16.6 Å². The molecular weight excluding hydrogens is 318 g/mol. The molecule has 3 heteroatoms. The fourth-order valence-corrected chi connectivity index (χ4v) is 3.93. The molecule has 3 rings (SSSR count). The Hall–Kier alpha value is -0.640. The molecule has 0 amide bonds. The zero-order valence-electron chi connectivity index (χ0n) is 11.0. The first-order valence-electron chi connectivity index (χ1n) is 6.76. The predicted octanol–water partition coefficient (Wildman–Crippen LogP) is 5.11. The van der Waals surface area contributed by atoms with E-state index in [4.69, 9.17) is 0 Å². The van der Waals surface area contributed by atoms with Crippen molar-refractivity contribution >= 4 is 27.3 Å². The molecule has 100 valence electrons. The van der Waals surface area contributed by atoms with E-state index >= 15 is 0 Å². The third-order valence-electron chi connectivity index (χ3n) is 3.99. The molecule has 0 aliphatic heterocycles. The molecule has 0 bridgehead atoms. The summed E-state index contributed by atoms with van der Waals surface area (Å²) in [5, 5.41) is 8.12. The molecule has 1 heterocycles. The maximum Gasteiger partial charge on any atom is 0.0302 e. The van der Waals surface area contributed by atoms with E-state index in [9.17, 15) is 0 Å². The molecule has 0 radical (unpaired) electrons. The van der Waals surface area contributed by atoms with Crippen LogP contribution in [0.15, 0.2) is 45.6 Å². The van der Waals surface area contributed by atoms with E-state index in [1.54, 1.807) is 11.3 Å². The van der Waals surface area contributed by atoms with Gasteiger partial charge in [-0.15, -0.1) is 0 Å². The number of thiophene rings is 1. The molecule has 19 heavy (non-hydrogen) atoms. The Morgan fingerprint density at radius 3 is 2.84 bits per heavy atom. The van der Waals surface area contributed by atoms with E-state index in [2.05, 4.69) is 69.3 Å². The fraction of sp³-hybridized carbons (Fsp3) is 0.375. The largest absolute Gasteiger partial charge is 0.307 e. The molecule has 1 aromatic heterocycles. The summed E-state index contributed by atoms with van der Waals surface area (Å²) in [6, 6.07) is 12.1. The maximum absolute atomic E-state index is 3.73. The lowest BCUT2D eigenvalue weighted by Crippen LogP contribution is -2.41. The van der Waals surface area contributed by atoms with Gasteiger partial charge >= 0.3 is 0 Å². The van der Waals surface area contributed by atoms with Crippen molar-refractivity contribution in [2.24, 2.45) is 0 Å². The Balaban J connectivity index is 1.53. The molecule has 1 aliphatic rings. The van der Waals surface area contributed by atoms with Gasteiger partial charge in [0.05, 0.1) is 0 Å². The Morgan fingerprint density at radius 2 is 2.16 bits per heavy atom. The Morgan fingerprint density at radius 1 is 1.32 bits per heavy atom. The monoisotopic (exact) mass is 335 g/mol. The molecule has 1 unspecified atom stereocenters. The minimum Gasteiger partial charge on any atom is -0.307 e. The highest BCUT2D eigenvalue weighted by molar-refractivity contribution is 9.10. The number of hydrogen-bond acceptors (Lipinski definition) is 2. The predicted molar refractivity (Wildman–Crippen MR) is 85.8 cm³/mol. The van der Waals surface area contributed by atoms with Crippen LogP contribution in [0.1, 0.15) is 42.9 Å². The SMILES string of the molecule is CC(NC1CC(c2cccc(Br)c2)C1)c1ccsc1. The zero-order chi connectivity index (χ0) is 13.2. The molecular formula is C16H18BrNS. The van der Waals surface area contributed by atoms with Gasteiger partial charge in [0.25, 0.3) is 0 Å². The smallest absolute Gasteiger partial charge is 0.0302 e. The van der Waals surface area contributed by atoms with E-state index in [-0.39, 0.29) is 0 Å². The molecule has 1 saturated carbocycles. The van der Waals surface area contributed by atoms with Crippen molar-refractivity contribution < 1.29 is 0 Å². The van der Waals surface area contributed by atoms with Gasteiger partial charge in [0.15, 0.2) is 0 Å². The first kappa shape index (κ1) is 13.3. The highest BCUT2D eigenvalue weighted by Gasteiger charge is 2.31. The Bertz CT molecular complexity index is 531. The lowest BCUT2D eigenvalue weighted by atomic mass is 9.75. The molecule has 1 aromatic carbocycles. The number of hydrogen-bond donors (Lipinski definition) is 1. The molecule has 0 saturated heterocycles. The second kappa shape index (κ2) is 5.78. The van der Waals surface area contributed by atoms with Crippen LogP contribution in [0.5, 0.6) is 0 Å². The van der Waals surface area contributed by atoms with Crippen LogP contribution in [0.25, 0.3) is 0 Å². The van der Waals surface area contributed by atoms with Gasteiger partial charge < -0.3 is 5.32 Å². The van der Waals surface area contributed by atoms with E-state index in [1.165, 1.54) is 28.4 Å². The van der Waals surface area contributed by atoms with Crippen molar-refractivity contribution in [3.8, 4) is 0 Å². The summed E-state index contributed by atoms with van der Waals surface area (Å²) in [7, 11) is 0. The minimum atomic E-state index is 0.472. The standard InChI is InChI=1S/C16H18BrNS/c1-11(13-5-6-19-10-13)18-16-8-14(9-16)12-3-2-4-15(17)7-12/h2-7,10-11,14,16,18H,8-9H2,1H3. The summed E-state index contributed by atoms with van der Waals surface area (Å²) >= 11 is 5.33. The number of halogens is 1. The molecule has 1 aliphatic carbocycles. The lowest BCUT2D eigenvalue weighted by molar-refractivity contribution is 0.271. The lowest BCUT2D eigenvalue weighted by Gasteiger charge is -2.38. The third kappa shape index (κ3) is 3.10. The highest BCUT2D eigenvalue weighted by atomic mass is 79.9. The second-order valence-corrected chi connectivity index (χ2v) is 7.06. The van der Waals surface area contributed by atoms with Crippen LogP contribution in [0.3, 0.4) is 0 Å². The van der Waals surface area contributed by atoms with Gasteiger partial charge in [-0.25, -0.2) is 0 Å². The van der Waals surface area contributed by atoms with Crippen molar-refractivity contribution in [2.45, 2.75) is 37.8 Å². The third-order valence-corrected chi connectivity index (χ3v) is 5.18. The summed E-state index contributed by atoms with van der Waals surface area (Å²) in [5.74, 6) is 0.727. The Kier molecular flexibility index (Phi) is 4.06. The van der Waals surface area contributed by atoms with Crippen molar-refractivity contribution in [3.05, 3.63) is 56.7 Å². The van der Waals surface area contributed by atoms with Crippen molar-refractivity contribution in [3.63, 3.8) is 0 Å². The van der Waals surface area contributed by atoms with Crippen LogP contribution in [-0.2, 0) is 0 Å². The summed E-state index contributed by atoms with van der Waals surface area (Å²) in [5.41, 5.74) is 2.88. The molecule has 2 aromatic rings. The summed E-state index contributed by atoms with van der Waals surface area (Å²) < 4.78 is 1.19. The van der Waals surface area contributed by atoms with Gasteiger partial charge in [-0.2, -0.15) is 11.3 Å². The number of benzene rings is 1. The number of nitrogens with one attached hydrogen (secondary N) is 1. The normalized spacial score (nSPS) is 23.9. The van der Waals surface area contributed by atoms with E-state index in [0.717, 1.165) is 5.92 Å². The van der Waals surface area contributed by atoms with Crippen molar-refractivity contribution in [1.82, 2.24) is 5.32 Å². The first-order chi connectivity index (χ1) is 9.22. The molecule has 1 N–H and O–H groups in total. The molecule has 1 atom stereocenters. The van der Waals surface area contributed by atoms with E-state index < -0.39 is 0 Å². The summed E-state index contributed by atoms with van der Waals surface area (Å²) in [6.07, 6.45) is 2.51. The zero-order valence-corrected chi connectivity index (χ0v) is 13.4. The second-order valence-electron chi connectivity index (χ2n) is 5.37. The number of rotatable bonds is 4. The first-order valence-corrected chi connectivity index (χ1v) is 8.49. The Labute approximate surface area is 127 Å². The maximum atomic E-state index is 3.73. The average molecular weight is 336 g/mol. The van der Waals surface area contributed by atoms with Crippen molar-refractivity contribution in [2.75, 3.05) is 0 Å². The van der Waals surface area contributed by atoms with Crippen molar-refractivity contribution in [1.29, 1.82) is 0 Å². The highest BCUT2D eigenvalue weighted by Crippen LogP contribution is 2.38. The average Bonchev–Trinajstić information content (AvgIpc) is 2.86. The van der Waals surface area contributed by atoms with Crippen LogP contribution < -0.4 is 5.32 Å².